The predicted molar refractivity (Wildman–Crippen MR) is 68.6 cm³/mol. The molecule has 0 aliphatic carbocycles. The Morgan fingerprint density at radius 1 is 1.44 bits per heavy atom. The number of amides is 1. The highest BCUT2D eigenvalue weighted by atomic mass is 19.1. The van der Waals surface area contributed by atoms with Crippen molar-refractivity contribution in [3.63, 3.8) is 0 Å². The molecule has 1 aliphatic heterocycles. The fourth-order valence-corrected chi connectivity index (χ4v) is 2.29. The van der Waals surface area contributed by atoms with Crippen molar-refractivity contribution >= 4 is 5.91 Å². The molecule has 1 fully saturated rings. The molecule has 1 amide bonds. The molecule has 4 heteroatoms. The number of halogens is 1. The average molecular weight is 250 g/mol. The van der Waals surface area contributed by atoms with E-state index in [-0.39, 0.29) is 23.8 Å². The third kappa shape index (κ3) is 3.07. The molecule has 3 nitrogen and oxygen atoms in total. The molecular weight excluding hydrogens is 231 g/mol. The highest BCUT2D eigenvalue weighted by molar-refractivity contribution is 5.82. The zero-order chi connectivity index (χ0) is 13.0. The van der Waals surface area contributed by atoms with E-state index < -0.39 is 0 Å². The van der Waals surface area contributed by atoms with E-state index in [0.29, 0.717) is 5.56 Å². The molecule has 1 aromatic carbocycles. The Kier molecular flexibility index (Phi) is 4.31. The van der Waals surface area contributed by atoms with Crippen molar-refractivity contribution in [3.05, 3.63) is 35.6 Å². The SMILES string of the molecule is CC(NC(=O)[C@@H]1CCCCN1)c1ccccc1F. The van der Waals surface area contributed by atoms with Gasteiger partial charge in [-0.25, -0.2) is 4.39 Å². The van der Waals surface area contributed by atoms with Crippen LogP contribution in [0.15, 0.2) is 24.3 Å². The van der Waals surface area contributed by atoms with Crippen molar-refractivity contribution in [2.24, 2.45) is 0 Å². The molecule has 0 bridgehead atoms. The highest BCUT2D eigenvalue weighted by Crippen LogP contribution is 2.17. The summed E-state index contributed by atoms with van der Waals surface area (Å²) in [5, 5.41) is 6.05. The standard InChI is InChI=1S/C14H19FN2O/c1-10(11-6-2-3-7-12(11)15)17-14(18)13-8-4-5-9-16-13/h2-3,6-7,10,13,16H,4-5,8-9H2,1H3,(H,17,18)/t10?,13-/m0/s1. The van der Waals surface area contributed by atoms with Gasteiger partial charge >= 0.3 is 0 Å². The van der Waals surface area contributed by atoms with Gasteiger partial charge in [0.25, 0.3) is 0 Å². The quantitative estimate of drug-likeness (QED) is 0.863. The van der Waals surface area contributed by atoms with Crippen molar-refractivity contribution in [2.75, 3.05) is 6.54 Å². The van der Waals surface area contributed by atoms with Crippen molar-refractivity contribution in [3.8, 4) is 0 Å². The number of nitrogens with one attached hydrogen (secondary N) is 2. The van der Waals surface area contributed by atoms with Crippen LogP contribution in [0.25, 0.3) is 0 Å². The minimum Gasteiger partial charge on any atom is -0.348 e. The Balaban J connectivity index is 1.96. The van der Waals surface area contributed by atoms with Gasteiger partial charge in [0, 0.05) is 5.56 Å². The highest BCUT2D eigenvalue weighted by Gasteiger charge is 2.22. The summed E-state index contributed by atoms with van der Waals surface area (Å²) in [6.07, 6.45) is 3.04. The lowest BCUT2D eigenvalue weighted by atomic mass is 10.0. The predicted octanol–water partition coefficient (Wildman–Crippen LogP) is 2.14. The summed E-state index contributed by atoms with van der Waals surface area (Å²) in [5.41, 5.74) is 0.529. The number of hydrogen-bond donors (Lipinski definition) is 2. The first-order valence-corrected chi connectivity index (χ1v) is 6.46. The molecule has 98 valence electrons. The smallest absolute Gasteiger partial charge is 0.237 e. The minimum absolute atomic E-state index is 0.0366. The number of hydrogen-bond acceptors (Lipinski definition) is 2. The third-order valence-corrected chi connectivity index (χ3v) is 3.36. The van der Waals surface area contributed by atoms with E-state index in [4.69, 9.17) is 0 Å². The topological polar surface area (TPSA) is 41.1 Å². The maximum atomic E-state index is 13.6. The molecular formula is C14H19FN2O. The monoisotopic (exact) mass is 250 g/mol. The maximum absolute atomic E-state index is 13.6. The zero-order valence-corrected chi connectivity index (χ0v) is 10.6. The average Bonchev–Trinajstić information content (AvgIpc) is 2.40. The second-order valence-corrected chi connectivity index (χ2v) is 4.75. The van der Waals surface area contributed by atoms with E-state index in [1.54, 1.807) is 25.1 Å². The van der Waals surface area contributed by atoms with Crippen LogP contribution in [0.4, 0.5) is 4.39 Å². The number of carbonyl (C=O) groups is 1. The lowest BCUT2D eigenvalue weighted by Gasteiger charge is -2.24. The van der Waals surface area contributed by atoms with Crippen LogP contribution in [0, 0.1) is 5.82 Å². The van der Waals surface area contributed by atoms with Gasteiger partial charge in [0.1, 0.15) is 5.82 Å². The molecule has 18 heavy (non-hydrogen) atoms. The normalized spacial score (nSPS) is 21.3. The first-order chi connectivity index (χ1) is 8.68. The van der Waals surface area contributed by atoms with Gasteiger partial charge in [-0.05, 0) is 32.4 Å². The van der Waals surface area contributed by atoms with Gasteiger partial charge < -0.3 is 10.6 Å². The van der Waals surface area contributed by atoms with E-state index in [9.17, 15) is 9.18 Å². The number of piperidine rings is 1. The zero-order valence-electron chi connectivity index (χ0n) is 10.6. The second-order valence-electron chi connectivity index (χ2n) is 4.75. The Morgan fingerprint density at radius 3 is 2.89 bits per heavy atom. The molecule has 0 saturated carbocycles. The van der Waals surface area contributed by atoms with Crippen LogP contribution >= 0.6 is 0 Å². The van der Waals surface area contributed by atoms with Crippen LogP contribution in [0.1, 0.15) is 37.8 Å². The van der Waals surface area contributed by atoms with E-state index >= 15 is 0 Å². The van der Waals surface area contributed by atoms with E-state index in [2.05, 4.69) is 10.6 Å². The third-order valence-electron chi connectivity index (χ3n) is 3.36. The lowest BCUT2D eigenvalue weighted by molar-refractivity contribution is -0.124. The van der Waals surface area contributed by atoms with Crippen LogP contribution in [0.2, 0.25) is 0 Å². The summed E-state index contributed by atoms with van der Waals surface area (Å²) in [6.45, 7) is 2.69. The molecule has 0 aromatic heterocycles. The molecule has 1 aliphatic rings. The van der Waals surface area contributed by atoms with Gasteiger partial charge in [0.15, 0.2) is 0 Å². The summed E-state index contributed by atoms with van der Waals surface area (Å²) < 4.78 is 13.6. The van der Waals surface area contributed by atoms with Crippen molar-refractivity contribution in [1.29, 1.82) is 0 Å². The fraction of sp³-hybridized carbons (Fsp3) is 0.500. The summed E-state index contributed by atoms with van der Waals surface area (Å²) >= 11 is 0. The molecule has 1 saturated heterocycles. The van der Waals surface area contributed by atoms with Crippen LogP contribution in [0.3, 0.4) is 0 Å². The number of rotatable bonds is 3. The van der Waals surface area contributed by atoms with Gasteiger partial charge in [0.2, 0.25) is 5.91 Å². The van der Waals surface area contributed by atoms with Gasteiger partial charge in [-0.3, -0.25) is 4.79 Å². The van der Waals surface area contributed by atoms with Gasteiger partial charge in [0.05, 0.1) is 12.1 Å². The molecule has 1 heterocycles. The van der Waals surface area contributed by atoms with Gasteiger partial charge in [-0.1, -0.05) is 24.6 Å². The van der Waals surface area contributed by atoms with E-state index in [1.807, 2.05) is 0 Å². The summed E-state index contributed by atoms with van der Waals surface area (Å²) in [5.74, 6) is -0.313. The second kappa shape index (κ2) is 5.96. The summed E-state index contributed by atoms with van der Waals surface area (Å²) in [4.78, 5) is 12.0. The van der Waals surface area contributed by atoms with Crippen LogP contribution in [0.5, 0.6) is 0 Å². The molecule has 2 atom stereocenters. The van der Waals surface area contributed by atoms with Crippen LogP contribution < -0.4 is 10.6 Å². The van der Waals surface area contributed by atoms with E-state index in [0.717, 1.165) is 25.8 Å². The molecule has 1 aromatic rings. The Bertz CT molecular complexity index is 416. The summed E-state index contributed by atoms with van der Waals surface area (Å²) in [6, 6.07) is 6.11. The Hall–Kier alpha value is -1.42. The van der Waals surface area contributed by atoms with Crippen molar-refractivity contribution in [2.45, 2.75) is 38.3 Å². The minimum atomic E-state index is -0.303. The maximum Gasteiger partial charge on any atom is 0.237 e. The first kappa shape index (κ1) is 13.0. The fourth-order valence-electron chi connectivity index (χ4n) is 2.29. The molecule has 2 N–H and O–H groups in total. The first-order valence-electron chi connectivity index (χ1n) is 6.46. The number of carbonyl (C=O) groups excluding carboxylic acids is 1. The van der Waals surface area contributed by atoms with E-state index in [1.165, 1.54) is 6.07 Å². The largest absolute Gasteiger partial charge is 0.348 e. The molecule has 2 rings (SSSR count). The molecule has 0 radical (unpaired) electrons. The van der Waals surface area contributed by atoms with Gasteiger partial charge in [-0.15, -0.1) is 0 Å². The van der Waals surface area contributed by atoms with Gasteiger partial charge in [-0.2, -0.15) is 0 Å². The Morgan fingerprint density at radius 2 is 2.22 bits per heavy atom. The summed E-state index contributed by atoms with van der Waals surface area (Å²) in [7, 11) is 0. The molecule has 1 unspecified atom stereocenters. The van der Waals surface area contributed by atoms with Crippen molar-refractivity contribution in [1.82, 2.24) is 10.6 Å². The lowest BCUT2D eigenvalue weighted by Crippen LogP contribution is -2.47. The van der Waals surface area contributed by atoms with Crippen LogP contribution in [-0.4, -0.2) is 18.5 Å². The molecule has 0 spiro atoms. The van der Waals surface area contributed by atoms with Crippen LogP contribution in [-0.2, 0) is 4.79 Å². The number of benzene rings is 1. The van der Waals surface area contributed by atoms with Crippen molar-refractivity contribution < 1.29 is 9.18 Å². The Labute approximate surface area is 107 Å².